The molecule has 0 radical (unpaired) electrons. The highest BCUT2D eigenvalue weighted by atomic mass is 16.6. The van der Waals surface area contributed by atoms with Crippen molar-refractivity contribution in [3.8, 4) is 0 Å². The van der Waals surface area contributed by atoms with Crippen molar-refractivity contribution in [2.24, 2.45) is 5.73 Å². The molecule has 0 atom stereocenters. The summed E-state index contributed by atoms with van der Waals surface area (Å²) in [7, 11) is 0. The number of hydrogen-bond acceptors (Lipinski definition) is 5. The first kappa shape index (κ1) is 16.2. The normalized spacial score (nSPS) is 15.6. The maximum Gasteiger partial charge on any atom is 0.409 e. The average molecular weight is 286 g/mol. The molecule has 1 aliphatic heterocycles. The van der Waals surface area contributed by atoms with E-state index in [4.69, 9.17) is 10.5 Å². The molecule has 1 heterocycles. The van der Waals surface area contributed by atoms with Gasteiger partial charge in [-0.05, 0) is 19.8 Å². The second kappa shape index (κ2) is 8.36. The van der Waals surface area contributed by atoms with Crippen LogP contribution in [0.5, 0.6) is 0 Å². The Morgan fingerprint density at radius 3 is 2.45 bits per heavy atom. The van der Waals surface area contributed by atoms with E-state index in [1.54, 1.807) is 11.8 Å². The van der Waals surface area contributed by atoms with Crippen LogP contribution in [0.3, 0.4) is 0 Å². The first-order chi connectivity index (χ1) is 9.58. The number of piperidine rings is 1. The number of carbonyl (C=O) groups is 3. The monoisotopic (exact) mass is 286 g/mol. The molecule has 0 spiro atoms. The van der Waals surface area contributed by atoms with Crippen LogP contribution in [0, 0.1) is 0 Å². The number of rotatable bonds is 4. The number of hydrogen-bond donors (Lipinski definition) is 3. The Balaban J connectivity index is 2.30. The van der Waals surface area contributed by atoms with E-state index in [9.17, 15) is 14.4 Å². The minimum absolute atomic E-state index is 0.100. The zero-order valence-corrected chi connectivity index (χ0v) is 11.7. The highest BCUT2D eigenvalue weighted by Crippen LogP contribution is 2.11. The van der Waals surface area contributed by atoms with Gasteiger partial charge in [0, 0.05) is 32.2 Å². The molecule has 0 aliphatic carbocycles. The van der Waals surface area contributed by atoms with E-state index in [1.807, 2.05) is 0 Å². The van der Waals surface area contributed by atoms with Gasteiger partial charge in [0.2, 0.25) is 0 Å². The maximum absolute atomic E-state index is 11.6. The molecule has 8 nitrogen and oxygen atoms in total. The van der Waals surface area contributed by atoms with Crippen molar-refractivity contribution in [1.82, 2.24) is 15.5 Å². The summed E-state index contributed by atoms with van der Waals surface area (Å²) in [6.45, 7) is 3.68. The molecule has 0 aromatic carbocycles. The lowest BCUT2D eigenvalue weighted by Gasteiger charge is -2.31. The standard InChI is InChI=1S/C12H22N4O4/c1-2-20-12(19)16-7-3-9(4-8-16)15-11(18)10(17)14-6-5-13/h9H,2-8,13H2,1H3,(H,14,17)(H,15,18). The molecule has 0 aromatic rings. The molecule has 0 saturated carbocycles. The van der Waals surface area contributed by atoms with Crippen molar-refractivity contribution in [1.29, 1.82) is 0 Å². The molecule has 1 rings (SSSR count). The van der Waals surface area contributed by atoms with E-state index in [-0.39, 0.29) is 25.2 Å². The van der Waals surface area contributed by atoms with Gasteiger partial charge in [0.25, 0.3) is 0 Å². The van der Waals surface area contributed by atoms with Crippen LogP contribution in [0.15, 0.2) is 0 Å². The van der Waals surface area contributed by atoms with Gasteiger partial charge in [-0.3, -0.25) is 9.59 Å². The predicted octanol–water partition coefficient (Wildman–Crippen LogP) is -1.20. The Bertz CT molecular complexity index is 353. The second-order valence-electron chi connectivity index (χ2n) is 4.48. The smallest absolute Gasteiger partial charge is 0.409 e. The van der Waals surface area contributed by atoms with Crippen LogP contribution < -0.4 is 16.4 Å². The Kier molecular flexibility index (Phi) is 6.78. The minimum Gasteiger partial charge on any atom is -0.450 e. The largest absolute Gasteiger partial charge is 0.450 e. The molecule has 114 valence electrons. The summed E-state index contributed by atoms with van der Waals surface area (Å²) in [6.07, 6.45) is 0.877. The zero-order chi connectivity index (χ0) is 15.0. The molecular weight excluding hydrogens is 264 g/mol. The van der Waals surface area contributed by atoms with E-state index < -0.39 is 11.8 Å². The molecule has 4 N–H and O–H groups in total. The number of nitrogens with two attached hydrogens (primary N) is 1. The van der Waals surface area contributed by atoms with Crippen molar-refractivity contribution in [2.45, 2.75) is 25.8 Å². The van der Waals surface area contributed by atoms with Crippen molar-refractivity contribution in [3.63, 3.8) is 0 Å². The van der Waals surface area contributed by atoms with E-state index in [0.717, 1.165) is 0 Å². The van der Waals surface area contributed by atoms with E-state index in [0.29, 0.717) is 32.5 Å². The summed E-state index contributed by atoms with van der Waals surface area (Å²) in [6, 6.07) is -0.100. The molecule has 8 heteroatoms. The third kappa shape index (κ3) is 5.04. The van der Waals surface area contributed by atoms with Crippen LogP contribution in [-0.2, 0) is 14.3 Å². The zero-order valence-electron chi connectivity index (χ0n) is 11.7. The molecule has 1 saturated heterocycles. The van der Waals surface area contributed by atoms with Gasteiger partial charge in [-0.15, -0.1) is 0 Å². The van der Waals surface area contributed by atoms with Crippen LogP contribution in [0.25, 0.3) is 0 Å². The van der Waals surface area contributed by atoms with E-state index >= 15 is 0 Å². The third-order valence-electron chi connectivity index (χ3n) is 2.99. The van der Waals surface area contributed by atoms with Crippen LogP contribution >= 0.6 is 0 Å². The number of nitrogens with one attached hydrogen (secondary N) is 2. The Morgan fingerprint density at radius 2 is 1.90 bits per heavy atom. The summed E-state index contributed by atoms with van der Waals surface area (Å²) in [4.78, 5) is 36.0. The third-order valence-corrected chi connectivity index (χ3v) is 2.99. The Morgan fingerprint density at radius 1 is 1.25 bits per heavy atom. The summed E-state index contributed by atoms with van der Waals surface area (Å²) in [5.74, 6) is -1.34. The Labute approximate surface area is 118 Å². The van der Waals surface area contributed by atoms with Crippen LogP contribution in [-0.4, -0.2) is 61.6 Å². The number of likely N-dealkylation sites (tertiary alicyclic amines) is 1. The molecule has 1 fully saturated rings. The molecule has 0 bridgehead atoms. The summed E-state index contributed by atoms with van der Waals surface area (Å²) >= 11 is 0. The fourth-order valence-electron chi connectivity index (χ4n) is 1.94. The summed E-state index contributed by atoms with van der Waals surface area (Å²) < 4.78 is 4.90. The van der Waals surface area contributed by atoms with E-state index in [2.05, 4.69) is 10.6 Å². The summed E-state index contributed by atoms with van der Waals surface area (Å²) in [5, 5.41) is 5.05. The fraction of sp³-hybridized carbons (Fsp3) is 0.750. The first-order valence-electron chi connectivity index (χ1n) is 6.79. The van der Waals surface area contributed by atoms with Gasteiger partial charge < -0.3 is 26.0 Å². The lowest BCUT2D eigenvalue weighted by Crippen LogP contribution is -2.50. The van der Waals surface area contributed by atoms with Gasteiger partial charge in [-0.2, -0.15) is 0 Å². The van der Waals surface area contributed by atoms with Crippen molar-refractivity contribution >= 4 is 17.9 Å². The van der Waals surface area contributed by atoms with Gasteiger partial charge in [-0.25, -0.2) is 4.79 Å². The molecule has 0 aromatic heterocycles. The topological polar surface area (TPSA) is 114 Å². The first-order valence-corrected chi connectivity index (χ1v) is 6.79. The number of amides is 3. The lowest BCUT2D eigenvalue weighted by atomic mass is 10.1. The molecule has 20 heavy (non-hydrogen) atoms. The van der Waals surface area contributed by atoms with Gasteiger partial charge >= 0.3 is 17.9 Å². The van der Waals surface area contributed by atoms with Crippen LogP contribution in [0.4, 0.5) is 4.79 Å². The second-order valence-corrected chi connectivity index (χ2v) is 4.48. The fourth-order valence-corrected chi connectivity index (χ4v) is 1.94. The van der Waals surface area contributed by atoms with E-state index in [1.165, 1.54) is 0 Å². The highest BCUT2D eigenvalue weighted by molar-refractivity contribution is 6.35. The van der Waals surface area contributed by atoms with Gasteiger partial charge in [0.05, 0.1) is 6.61 Å². The van der Waals surface area contributed by atoms with Crippen LogP contribution in [0.1, 0.15) is 19.8 Å². The number of ether oxygens (including phenoxy) is 1. The van der Waals surface area contributed by atoms with Crippen LogP contribution in [0.2, 0.25) is 0 Å². The minimum atomic E-state index is -0.678. The van der Waals surface area contributed by atoms with Crippen molar-refractivity contribution in [2.75, 3.05) is 32.8 Å². The Hall–Kier alpha value is -1.83. The SMILES string of the molecule is CCOC(=O)N1CCC(NC(=O)C(=O)NCCN)CC1. The molecule has 1 aliphatic rings. The van der Waals surface area contributed by atoms with Gasteiger partial charge in [-0.1, -0.05) is 0 Å². The number of nitrogens with zero attached hydrogens (tertiary/aromatic N) is 1. The molecule has 3 amide bonds. The quantitative estimate of drug-likeness (QED) is 0.562. The molecular formula is C12H22N4O4. The maximum atomic E-state index is 11.6. The predicted molar refractivity (Wildman–Crippen MR) is 71.8 cm³/mol. The highest BCUT2D eigenvalue weighted by Gasteiger charge is 2.25. The van der Waals surface area contributed by atoms with Gasteiger partial charge in [0.15, 0.2) is 0 Å². The average Bonchev–Trinajstić information content (AvgIpc) is 2.45. The summed E-state index contributed by atoms with van der Waals surface area (Å²) in [5.41, 5.74) is 5.23. The number of carbonyl (C=O) groups excluding carboxylic acids is 3. The van der Waals surface area contributed by atoms with Crippen molar-refractivity contribution in [3.05, 3.63) is 0 Å². The lowest BCUT2D eigenvalue weighted by molar-refractivity contribution is -0.139. The van der Waals surface area contributed by atoms with Gasteiger partial charge in [0.1, 0.15) is 0 Å². The van der Waals surface area contributed by atoms with Crippen molar-refractivity contribution < 1.29 is 19.1 Å². The molecule has 0 unspecified atom stereocenters.